The van der Waals surface area contributed by atoms with Gasteiger partial charge in [0.2, 0.25) is 5.95 Å². The van der Waals surface area contributed by atoms with Gasteiger partial charge in [0.05, 0.1) is 11.6 Å². The number of aryl methyl sites for hydroxylation is 1. The average Bonchev–Trinajstić information content (AvgIpc) is 2.88. The fourth-order valence-corrected chi connectivity index (χ4v) is 2.64. The van der Waals surface area contributed by atoms with Gasteiger partial charge >= 0.3 is 0 Å². The summed E-state index contributed by atoms with van der Waals surface area (Å²) in [7, 11) is 1.80. The van der Waals surface area contributed by atoms with E-state index >= 15 is 0 Å². The van der Waals surface area contributed by atoms with Crippen LogP contribution < -0.4 is 10.6 Å². The first-order chi connectivity index (χ1) is 11.6. The molecule has 2 heterocycles. The lowest BCUT2D eigenvalue weighted by Gasteiger charge is -2.27. The van der Waals surface area contributed by atoms with Gasteiger partial charge in [-0.05, 0) is 31.4 Å². The van der Waals surface area contributed by atoms with Crippen LogP contribution in [0.1, 0.15) is 19.3 Å². The van der Waals surface area contributed by atoms with E-state index in [0.29, 0.717) is 29.1 Å². The molecule has 124 valence electrons. The van der Waals surface area contributed by atoms with E-state index in [9.17, 15) is 8.78 Å². The van der Waals surface area contributed by atoms with Crippen LogP contribution in [0.2, 0.25) is 0 Å². The average molecular weight is 330 g/mol. The van der Waals surface area contributed by atoms with Crippen molar-refractivity contribution in [2.75, 3.05) is 10.6 Å². The molecule has 3 aromatic rings. The Kier molecular flexibility index (Phi) is 3.51. The number of aromatic nitrogens is 4. The summed E-state index contributed by atoms with van der Waals surface area (Å²) in [6.07, 6.45) is 5.14. The Hall–Kier alpha value is -2.77. The number of fused-ring (bicyclic) bond motifs is 1. The fraction of sp³-hybridized carbons (Fsp3) is 0.312. The van der Waals surface area contributed by atoms with Gasteiger partial charge in [-0.25, -0.2) is 8.78 Å². The van der Waals surface area contributed by atoms with Crippen molar-refractivity contribution in [1.29, 1.82) is 0 Å². The Morgan fingerprint density at radius 3 is 2.71 bits per heavy atom. The summed E-state index contributed by atoms with van der Waals surface area (Å²) >= 11 is 0. The molecule has 1 aromatic carbocycles. The molecule has 2 N–H and O–H groups in total. The quantitative estimate of drug-likeness (QED) is 0.768. The van der Waals surface area contributed by atoms with Gasteiger partial charge in [0.25, 0.3) is 0 Å². The van der Waals surface area contributed by atoms with Crippen LogP contribution >= 0.6 is 0 Å². The number of benzene rings is 1. The SMILES string of the molecule is Cn1ncc2c(NC3CCC3)nc(Nc3ccc(F)c(F)c3)nc21. The molecule has 8 heteroatoms. The Bertz CT molecular complexity index is 903. The minimum atomic E-state index is -0.922. The second-order valence-electron chi connectivity index (χ2n) is 5.93. The molecule has 0 aliphatic heterocycles. The molecule has 1 fully saturated rings. The predicted molar refractivity (Wildman–Crippen MR) is 87.2 cm³/mol. The van der Waals surface area contributed by atoms with Crippen LogP contribution in [-0.2, 0) is 7.05 Å². The topological polar surface area (TPSA) is 67.7 Å². The zero-order chi connectivity index (χ0) is 16.7. The van der Waals surface area contributed by atoms with Crippen molar-refractivity contribution >= 4 is 28.5 Å². The third kappa shape index (κ3) is 2.64. The molecule has 0 spiro atoms. The van der Waals surface area contributed by atoms with Crippen molar-refractivity contribution in [3.63, 3.8) is 0 Å². The first-order valence-corrected chi connectivity index (χ1v) is 7.78. The smallest absolute Gasteiger partial charge is 0.231 e. The maximum atomic E-state index is 13.4. The van der Waals surface area contributed by atoms with E-state index in [-0.39, 0.29) is 0 Å². The molecule has 24 heavy (non-hydrogen) atoms. The number of nitrogens with one attached hydrogen (secondary N) is 2. The predicted octanol–water partition coefficient (Wildman–Crippen LogP) is 3.35. The first kappa shape index (κ1) is 14.8. The minimum Gasteiger partial charge on any atom is -0.367 e. The first-order valence-electron chi connectivity index (χ1n) is 7.78. The van der Waals surface area contributed by atoms with E-state index in [2.05, 4.69) is 25.7 Å². The van der Waals surface area contributed by atoms with Crippen molar-refractivity contribution in [3.8, 4) is 0 Å². The number of rotatable bonds is 4. The van der Waals surface area contributed by atoms with Crippen LogP contribution in [0.25, 0.3) is 11.0 Å². The number of nitrogens with zero attached hydrogens (tertiary/aromatic N) is 4. The lowest BCUT2D eigenvalue weighted by Crippen LogP contribution is -2.27. The Labute approximate surface area is 136 Å². The van der Waals surface area contributed by atoms with Gasteiger partial charge < -0.3 is 10.6 Å². The molecule has 0 atom stereocenters. The molecule has 1 aliphatic rings. The van der Waals surface area contributed by atoms with Gasteiger partial charge in [0, 0.05) is 24.8 Å². The van der Waals surface area contributed by atoms with Gasteiger partial charge in [0.15, 0.2) is 17.3 Å². The van der Waals surface area contributed by atoms with Crippen molar-refractivity contribution in [1.82, 2.24) is 19.7 Å². The summed E-state index contributed by atoms with van der Waals surface area (Å²) in [4.78, 5) is 8.90. The van der Waals surface area contributed by atoms with E-state index < -0.39 is 11.6 Å². The van der Waals surface area contributed by atoms with Gasteiger partial charge in [-0.1, -0.05) is 0 Å². The fourth-order valence-electron chi connectivity index (χ4n) is 2.64. The summed E-state index contributed by atoms with van der Waals surface area (Å²) in [5.41, 5.74) is 1.04. The molecule has 0 unspecified atom stereocenters. The maximum Gasteiger partial charge on any atom is 0.231 e. The summed E-state index contributed by atoms with van der Waals surface area (Å²) in [6.45, 7) is 0. The Morgan fingerprint density at radius 2 is 2.00 bits per heavy atom. The molecule has 0 bridgehead atoms. The van der Waals surface area contributed by atoms with E-state index in [1.807, 2.05) is 0 Å². The molecule has 0 saturated heterocycles. The number of anilines is 3. The van der Waals surface area contributed by atoms with Crippen LogP contribution in [0.5, 0.6) is 0 Å². The van der Waals surface area contributed by atoms with Crippen molar-refractivity contribution in [2.45, 2.75) is 25.3 Å². The lowest BCUT2D eigenvalue weighted by atomic mass is 9.93. The summed E-state index contributed by atoms with van der Waals surface area (Å²) in [6, 6.07) is 3.98. The monoisotopic (exact) mass is 330 g/mol. The zero-order valence-electron chi connectivity index (χ0n) is 13.1. The highest BCUT2D eigenvalue weighted by atomic mass is 19.2. The Morgan fingerprint density at radius 1 is 1.17 bits per heavy atom. The van der Waals surface area contributed by atoms with Crippen LogP contribution in [-0.4, -0.2) is 25.8 Å². The van der Waals surface area contributed by atoms with Crippen LogP contribution in [0.4, 0.5) is 26.2 Å². The third-order valence-corrected chi connectivity index (χ3v) is 4.21. The molecule has 2 aromatic heterocycles. The van der Waals surface area contributed by atoms with Gasteiger partial charge in [-0.15, -0.1) is 0 Å². The zero-order valence-corrected chi connectivity index (χ0v) is 13.1. The van der Waals surface area contributed by atoms with Crippen LogP contribution in [0, 0.1) is 11.6 Å². The summed E-state index contributed by atoms with van der Waals surface area (Å²) in [5, 5.41) is 11.4. The molecule has 6 nitrogen and oxygen atoms in total. The standard InChI is InChI=1S/C16H16F2N6/c1-24-15-11(8-19-24)14(20-9-3-2-4-9)22-16(23-15)21-10-5-6-12(17)13(18)7-10/h5-9H,2-4H2,1H3,(H2,20,21,22,23). The molecule has 0 amide bonds. The second-order valence-corrected chi connectivity index (χ2v) is 5.93. The highest BCUT2D eigenvalue weighted by Crippen LogP contribution is 2.28. The van der Waals surface area contributed by atoms with Gasteiger partial charge in [-0.3, -0.25) is 4.68 Å². The number of hydrogen-bond donors (Lipinski definition) is 2. The van der Waals surface area contributed by atoms with Gasteiger partial charge in [0.1, 0.15) is 5.82 Å². The third-order valence-electron chi connectivity index (χ3n) is 4.21. The largest absolute Gasteiger partial charge is 0.367 e. The number of hydrogen-bond acceptors (Lipinski definition) is 5. The van der Waals surface area contributed by atoms with Crippen LogP contribution in [0.15, 0.2) is 24.4 Å². The minimum absolute atomic E-state index is 0.305. The normalized spacial score (nSPS) is 14.6. The Balaban J connectivity index is 1.71. The van der Waals surface area contributed by atoms with Crippen molar-refractivity contribution in [2.24, 2.45) is 7.05 Å². The number of halogens is 2. The highest BCUT2D eigenvalue weighted by Gasteiger charge is 2.20. The van der Waals surface area contributed by atoms with Crippen molar-refractivity contribution < 1.29 is 8.78 Å². The van der Waals surface area contributed by atoms with Crippen LogP contribution in [0.3, 0.4) is 0 Å². The lowest BCUT2D eigenvalue weighted by molar-refractivity contribution is 0.445. The van der Waals surface area contributed by atoms with Crippen molar-refractivity contribution in [3.05, 3.63) is 36.0 Å². The van der Waals surface area contributed by atoms with E-state index in [1.54, 1.807) is 17.9 Å². The van der Waals surface area contributed by atoms with E-state index in [0.717, 1.165) is 30.4 Å². The highest BCUT2D eigenvalue weighted by molar-refractivity contribution is 5.88. The summed E-state index contributed by atoms with van der Waals surface area (Å²) in [5.74, 6) is -0.813. The molecule has 0 radical (unpaired) electrons. The van der Waals surface area contributed by atoms with E-state index in [1.165, 1.54) is 12.5 Å². The van der Waals surface area contributed by atoms with Gasteiger partial charge in [-0.2, -0.15) is 15.1 Å². The molecule has 1 saturated carbocycles. The van der Waals surface area contributed by atoms with E-state index in [4.69, 9.17) is 0 Å². The summed E-state index contributed by atoms with van der Waals surface area (Å²) < 4.78 is 28.1. The molecule has 1 aliphatic carbocycles. The second kappa shape index (κ2) is 5.70. The maximum absolute atomic E-state index is 13.4. The molecule has 4 rings (SSSR count). The molecular formula is C16H16F2N6. The molecular weight excluding hydrogens is 314 g/mol.